The molecule has 0 unspecified atom stereocenters. The Labute approximate surface area is 106 Å². The molecule has 0 aliphatic rings. The Hall–Kier alpha value is 0.613. The molecule has 0 aliphatic carbocycles. The van der Waals surface area contributed by atoms with E-state index in [2.05, 4.69) is 18.4 Å². The fourth-order valence-electron chi connectivity index (χ4n) is 1.31. The summed E-state index contributed by atoms with van der Waals surface area (Å²) in [6.45, 7) is 2.26. The Bertz CT molecular complexity index is 187. The minimum absolute atomic E-state index is 0.847. The van der Waals surface area contributed by atoms with E-state index in [9.17, 15) is 0 Å². The van der Waals surface area contributed by atoms with Gasteiger partial charge in [0.1, 0.15) is 0 Å². The van der Waals surface area contributed by atoms with Crippen LogP contribution in [0.1, 0.15) is 43.9 Å². The molecule has 0 N–H and O–H groups in total. The van der Waals surface area contributed by atoms with Crippen molar-refractivity contribution in [2.75, 3.05) is 0 Å². The SMILES string of the molecule is CCCCCCCc1cc[c-]s1.[Cl][Zn+]. The molecule has 76 valence electrons. The molecule has 0 saturated carbocycles. The van der Waals surface area contributed by atoms with Gasteiger partial charge in [0.25, 0.3) is 0 Å². The standard InChI is InChI=1S/C11H17S.ClH.Zn/c1-2-3-4-5-6-8-11-9-7-10-12-11;;/h7,9H,2-6,8H2,1H3;1H;/q-1;;+2/p-1. The van der Waals surface area contributed by atoms with Crippen LogP contribution in [0.4, 0.5) is 0 Å². The van der Waals surface area contributed by atoms with Crippen molar-refractivity contribution in [2.45, 2.75) is 45.4 Å². The maximum atomic E-state index is 4.76. The Morgan fingerprint density at radius 2 is 2.00 bits per heavy atom. The fourth-order valence-corrected chi connectivity index (χ4v) is 1.98. The minimum atomic E-state index is 0.847. The third-order valence-electron chi connectivity index (χ3n) is 2.05. The molecular weight excluding hydrogens is 265 g/mol. The predicted octanol–water partition coefficient (Wildman–Crippen LogP) is 4.75. The van der Waals surface area contributed by atoms with E-state index in [-0.39, 0.29) is 0 Å². The molecule has 1 aromatic heterocycles. The fraction of sp³-hybridized carbons (Fsp3) is 0.636. The molecule has 0 atom stereocenters. The summed E-state index contributed by atoms with van der Waals surface area (Å²) < 4.78 is 0. The first-order chi connectivity index (χ1) is 6.93. The van der Waals surface area contributed by atoms with Crippen molar-refractivity contribution in [2.24, 2.45) is 0 Å². The van der Waals surface area contributed by atoms with Gasteiger partial charge in [0.2, 0.25) is 0 Å². The zero-order valence-corrected chi connectivity index (χ0v) is 13.4. The van der Waals surface area contributed by atoms with E-state index < -0.39 is 0 Å². The molecule has 14 heavy (non-hydrogen) atoms. The van der Waals surface area contributed by atoms with Crippen molar-refractivity contribution < 1.29 is 17.3 Å². The van der Waals surface area contributed by atoms with Crippen LogP contribution < -0.4 is 0 Å². The van der Waals surface area contributed by atoms with Crippen molar-refractivity contribution in [1.82, 2.24) is 0 Å². The normalized spacial score (nSPS) is 9.43. The summed E-state index contributed by atoms with van der Waals surface area (Å²) in [6, 6.07) is 4.20. The van der Waals surface area contributed by atoms with Gasteiger partial charge in [-0.3, -0.25) is 0 Å². The molecule has 0 nitrogen and oxygen atoms in total. The number of unbranched alkanes of at least 4 members (excludes halogenated alkanes) is 4. The summed E-state index contributed by atoms with van der Waals surface area (Å²) in [5.74, 6) is 0. The zero-order chi connectivity index (χ0) is 10.6. The first kappa shape index (κ1) is 14.6. The summed E-state index contributed by atoms with van der Waals surface area (Å²) in [5.41, 5.74) is 0. The van der Waals surface area contributed by atoms with Gasteiger partial charge in [-0.05, 0) is 0 Å². The van der Waals surface area contributed by atoms with Crippen LogP contribution in [0, 0.1) is 5.38 Å². The van der Waals surface area contributed by atoms with Crippen LogP contribution in [0.2, 0.25) is 0 Å². The van der Waals surface area contributed by atoms with E-state index in [1.165, 1.54) is 43.4 Å². The van der Waals surface area contributed by atoms with Crippen molar-refractivity contribution in [1.29, 1.82) is 0 Å². The summed E-state index contributed by atoms with van der Waals surface area (Å²) in [6.07, 6.45) is 8.16. The van der Waals surface area contributed by atoms with Crippen molar-refractivity contribution >= 4 is 21.0 Å². The number of rotatable bonds is 6. The first-order valence-electron chi connectivity index (χ1n) is 5.15. The van der Waals surface area contributed by atoms with E-state index in [1.807, 2.05) is 6.07 Å². The molecular formula is C11H17ClSZn. The van der Waals surface area contributed by atoms with E-state index in [4.69, 9.17) is 9.69 Å². The zero-order valence-electron chi connectivity index (χ0n) is 8.89. The van der Waals surface area contributed by atoms with E-state index in [1.54, 1.807) is 11.3 Å². The van der Waals surface area contributed by atoms with Crippen LogP contribution in [-0.4, -0.2) is 0 Å². The molecule has 0 amide bonds. The van der Waals surface area contributed by atoms with Crippen molar-refractivity contribution in [3.63, 3.8) is 0 Å². The van der Waals surface area contributed by atoms with Gasteiger partial charge >= 0.3 is 27.0 Å². The summed E-state index contributed by atoms with van der Waals surface area (Å²) in [5, 5.41) is 3.12. The Morgan fingerprint density at radius 3 is 2.57 bits per heavy atom. The van der Waals surface area contributed by atoms with Crippen molar-refractivity contribution in [3.8, 4) is 0 Å². The van der Waals surface area contributed by atoms with Crippen LogP contribution in [0.15, 0.2) is 12.1 Å². The summed E-state index contributed by atoms with van der Waals surface area (Å²) >= 11 is 2.61. The molecule has 1 heterocycles. The van der Waals surface area contributed by atoms with Crippen LogP contribution in [-0.2, 0) is 23.7 Å². The quantitative estimate of drug-likeness (QED) is 0.401. The molecule has 0 spiro atoms. The summed E-state index contributed by atoms with van der Waals surface area (Å²) in [7, 11) is 4.76. The van der Waals surface area contributed by atoms with Gasteiger partial charge < -0.3 is 11.3 Å². The Morgan fingerprint density at radius 1 is 1.29 bits per heavy atom. The Balaban J connectivity index is 0.000000791. The van der Waals surface area contributed by atoms with Gasteiger partial charge in [-0.1, -0.05) is 45.4 Å². The first-order valence-corrected chi connectivity index (χ1v) is 9.86. The molecule has 3 heteroatoms. The maximum absolute atomic E-state index is 4.76. The van der Waals surface area contributed by atoms with Gasteiger partial charge in [-0.15, -0.1) is 10.3 Å². The molecule has 0 fully saturated rings. The monoisotopic (exact) mass is 280 g/mol. The van der Waals surface area contributed by atoms with E-state index in [0.29, 0.717) is 0 Å². The molecule has 1 aromatic rings. The predicted molar refractivity (Wildman–Crippen MR) is 61.5 cm³/mol. The van der Waals surface area contributed by atoms with Gasteiger partial charge in [0.15, 0.2) is 0 Å². The number of aryl methyl sites for hydroxylation is 1. The Kier molecular flexibility index (Phi) is 12.2. The topological polar surface area (TPSA) is 0 Å². The van der Waals surface area contributed by atoms with E-state index in [0.717, 1.165) is 17.3 Å². The van der Waals surface area contributed by atoms with Crippen molar-refractivity contribution in [3.05, 3.63) is 22.4 Å². The number of halogens is 1. The number of hydrogen-bond acceptors (Lipinski definition) is 1. The van der Waals surface area contributed by atoms with Crippen LogP contribution in [0.25, 0.3) is 0 Å². The van der Waals surface area contributed by atoms with E-state index >= 15 is 0 Å². The van der Waals surface area contributed by atoms with Crippen LogP contribution in [0.5, 0.6) is 0 Å². The second-order valence-corrected chi connectivity index (χ2v) is 4.15. The molecule has 0 radical (unpaired) electrons. The summed E-state index contributed by atoms with van der Waals surface area (Å²) in [4.78, 5) is 1.49. The van der Waals surface area contributed by atoms with Gasteiger partial charge in [0, 0.05) is 0 Å². The van der Waals surface area contributed by atoms with Gasteiger partial charge in [-0.25, -0.2) is 6.07 Å². The second-order valence-electron chi connectivity index (χ2n) is 3.18. The third kappa shape index (κ3) is 7.97. The number of hydrogen-bond donors (Lipinski definition) is 0. The van der Waals surface area contributed by atoms with Gasteiger partial charge in [-0.2, -0.15) is 6.07 Å². The van der Waals surface area contributed by atoms with Crippen LogP contribution >= 0.6 is 21.0 Å². The molecule has 0 bridgehead atoms. The second kappa shape index (κ2) is 11.7. The molecule has 1 rings (SSSR count). The average Bonchev–Trinajstić information content (AvgIpc) is 2.74. The average molecular weight is 282 g/mol. The molecule has 0 aliphatic heterocycles. The molecule has 0 saturated heterocycles. The van der Waals surface area contributed by atoms with Crippen LogP contribution in [0.3, 0.4) is 0 Å². The number of thiophene rings is 1. The third-order valence-corrected chi connectivity index (χ3v) is 2.91. The van der Waals surface area contributed by atoms with Gasteiger partial charge in [0.05, 0.1) is 0 Å². The molecule has 0 aromatic carbocycles.